The molecule has 0 heterocycles. The lowest BCUT2D eigenvalue weighted by atomic mass is 10.1. The highest BCUT2D eigenvalue weighted by Crippen LogP contribution is 1.97. The Labute approximate surface area is 60.0 Å². The highest BCUT2D eigenvalue weighted by molar-refractivity contribution is 5.91. The van der Waals surface area contributed by atoms with E-state index in [-0.39, 0.29) is 0 Å². The van der Waals surface area contributed by atoms with E-state index < -0.39 is 0 Å². The lowest BCUT2D eigenvalue weighted by Crippen LogP contribution is -2.18. The van der Waals surface area contributed by atoms with Gasteiger partial charge in [-0.2, -0.15) is 0 Å². The second kappa shape index (κ2) is 6.10. The summed E-state index contributed by atoms with van der Waals surface area (Å²) in [4.78, 5) is 0. The normalized spacial score (nSPS) is 13.1. The van der Waals surface area contributed by atoms with Crippen molar-refractivity contribution in [1.29, 1.82) is 0 Å². The Kier molecular flexibility index (Phi) is 6.09. The van der Waals surface area contributed by atoms with Gasteiger partial charge in [0.1, 0.15) is 0 Å². The molecule has 0 aromatic carbocycles. The van der Waals surface area contributed by atoms with E-state index in [1.165, 1.54) is 0 Å². The summed E-state index contributed by atoms with van der Waals surface area (Å²) in [5, 5.41) is 0. The smallest absolute Gasteiger partial charge is 0.0887 e. The third kappa shape index (κ3) is 5.85. The van der Waals surface area contributed by atoms with Crippen LogP contribution in [0.4, 0.5) is 0 Å². The minimum atomic E-state index is 0.398. The lowest BCUT2D eigenvalue weighted by molar-refractivity contribution is 0.574. The Morgan fingerprint density at radius 2 is 2.33 bits per heavy atom. The van der Waals surface area contributed by atoms with Gasteiger partial charge in [0.05, 0.1) is 10.0 Å². The van der Waals surface area contributed by atoms with Gasteiger partial charge < -0.3 is 10.4 Å². The first-order valence-electron chi connectivity index (χ1n) is 3.49. The van der Waals surface area contributed by atoms with Gasteiger partial charge in [-0.05, 0) is 19.3 Å². The zero-order valence-corrected chi connectivity index (χ0v) is 7.55. The SMILES string of the molecule is CCC(N)CCCN=[SiH2]. The molecular formula is C6H16N2Si. The molecule has 0 spiro atoms. The lowest BCUT2D eigenvalue weighted by Gasteiger charge is -2.05. The van der Waals surface area contributed by atoms with Crippen molar-refractivity contribution < 1.29 is 0 Å². The average Bonchev–Trinajstić information content (AvgIpc) is 1.89. The van der Waals surface area contributed by atoms with Crippen molar-refractivity contribution in [2.45, 2.75) is 32.2 Å². The van der Waals surface area contributed by atoms with Crippen LogP contribution in [0.25, 0.3) is 0 Å². The highest BCUT2D eigenvalue weighted by atomic mass is 28.1. The predicted molar refractivity (Wildman–Crippen MR) is 43.3 cm³/mol. The van der Waals surface area contributed by atoms with Crippen LogP contribution < -0.4 is 5.73 Å². The number of rotatable bonds is 5. The third-order valence-electron chi connectivity index (χ3n) is 1.42. The summed E-state index contributed by atoms with van der Waals surface area (Å²) in [6.07, 6.45) is 3.36. The van der Waals surface area contributed by atoms with Crippen molar-refractivity contribution in [3.8, 4) is 0 Å². The topological polar surface area (TPSA) is 38.4 Å². The van der Waals surface area contributed by atoms with Crippen molar-refractivity contribution in [1.82, 2.24) is 0 Å². The first-order chi connectivity index (χ1) is 4.31. The molecule has 0 aliphatic carbocycles. The fourth-order valence-electron chi connectivity index (χ4n) is 0.669. The molecule has 1 unspecified atom stereocenters. The molecule has 2 nitrogen and oxygen atoms in total. The molecule has 0 aliphatic heterocycles. The van der Waals surface area contributed by atoms with Gasteiger partial charge in [0, 0.05) is 12.6 Å². The molecule has 1 atom stereocenters. The molecule has 0 aromatic rings. The maximum atomic E-state index is 5.67. The van der Waals surface area contributed by atoms with Gasteiger partial charge >= 0.3 is 0 Å². The first kappa shape index (κ1) is 8.98. The zero-order chi connectivity index (χ0) is 7.11. The molecule has 2 N–H and O–H groups in total. The van der Waals surface area contributed by atoms with Gasteiger partial charge in [0.2, 0.25) is 0 Å². The number of nitrogens with zero attached hydrogens (tertiary/aromatic N) is 1. The van der Waals surface area contributed by atoms with Crippen molar-refractivity contribution in [3.05, 3.63) is 0 Å². The van der Waals surface area contributed by atoms with Crippen LogP contribution in [0.15, 0.2) is 4.63 Å². The van der Waals surface area contributed by atoms with E-state index in [0.29, 0.717) is 6.04 Å². The minimum Gasteiger partial charge on any atom is -0.344 e. The summed E-state index contributed by atoms with van der Waals surface area (Å²) >= 11 is 0. The summed E-state index contributed by atoms with van der Waals surface area (Å²) in [5.41, 5.74) is 5.67. The maximum absolute atomic E-state index is 5.67. The van der Waals surface area contributed by atoms with Crippen LogP contribution in [0.3, 0.4) is 0 Å². The minimum absolute atomic E-state index is 0.398. The zero-order valence-electron chi connectivity index (χ0n) is 6.14. The quantitative estimate of drug-likeness (QED) is 0.438. The Balaban J connectivity index is 2.96. The van der Waals surface area contributed by atoms with Crippen LogP contribution >= 0.6 is 0 Å². The van der Waals surface area contributed by atoms with E-state index >= 15 is 0 Å². The van der Waals surface area contributed by atoms with Crippen LogP contribution in [0.1, 0.15) is 26.2 Å². The molecule has 9 heavy (non-hydrogen) atoms. The van der Waals surface area contributed by atoms with Crippen LogP contribution in [-0.2, 0) is 0 Å². The van der Waals surface area contributed by atoms with Crippen molar-refractivity contribution in [3.63, 3.8) is 0 Å². The summed E-state index contributed by atoms with van der Waals surface area (Å²) < 4.78 is 4.01. The van der Waals surface area contributed by atoms with Crippen molar-refractivity contribution >= 4 is 10.0 Å². The van der Waals surface area contributed by atoms with Crippen LogP contribution in [0.2, 0.25) is 0 Å². The number of nitrogens with two attached hydrogens (primary N) is 1. The van der Waals surface area contributed by atoms with Gasteiger partial charge in [-0.15, -0.1) is 0 Å². The Bertz CT molecular complexity index is 75.5. The second-order valence-corrected chi connectivity index (χ2v) is 2.70. The first-order valence-corrected chi connectivity index (χ1v) is 4.12. The highest BCUT2D eigenvalue weighted by Gasteiger charge is 1.95. The number of hydrogen-bond donors (Lipinski definition) is 1. The molecule has 0 bridgehead atoms. The molecule has 3 heteroatoms. The fraction of sp³-hybridized carbons (Fsp3) is 1.00. The summed E-state index contributed by atoms with van der Waals surface area (Å²) in [6, 6.07) is 0.398. The van der Waals surface area contributed by atoms with Gasteiger partial charge in [-0.1, -0.05) is 6.92 Å². The molecule has 54 valence electrons. The largest absolute Gasteiger partial charge is 0.344 e. The van der Waals surface area contributed by atoms with Gasteiger partial charge in [0.15, 0.2) is 0 Å². The molecule has 0 radical (unpaired) electrons. The second-order valence-electron chi connectivity index (χ2n) is 2.26. The van der Waals surface area contributed by atoms with Crippen molar-refractivity contribution in [2.24, 2.45) is 10.4 Å². The van der Waals surface area contributed by atoms with E-state index in [1.54, 1.807) is 10.0 Å². The summed E-state index contributed by atoms with van der Waals surface area (Å²) in [6.45, 7) is 3.10. The molecular weight excluding hydrogens is 128 g/mol. The summed E-state index contributed by atoms with van der Waals surface area (Å²) in [5.74, 6) is 0. The molecule has 0 aromatic heterocycles. The predicted octanol–water partition coefficient (Wildman–Crippen LogP) is 0.321. The molecule has 0 aliphatic rings. The fourth-order valence-corrected chi connectivity index (χ4v) is 0.893. The van der Waals surface area contributed by atoms with Crippen LogP contribution in [-0.4, -0.2) is 22.6 Å². The van der Waals surface area contributed by atoms with Crippen LogP contribution in [0.5, 0.6) is 0 Å². The third-order valence-corrected chi connectivity index (χ3v) is 1.73. The van der Waals surface area contributed by atoms with Crippen LogP contribution in [0, 0.1) is 0 Å². The average molecular weight is 144 g/mol. The number of hydrogen-bond acceptors (Lipinski definition) is 2. The Morgan fingerprint density at radius 1 is 1.67 bits per heavy atom. The summed E-state index contributed by atoms with van der Waals surface area (Å²) in [7, 11) is 1.67. The molecule has 0 fully saturated rings. The van der Waals surface area contributed by atoms with Gasteiger partial charge in [0.25, 0.3) is 0 Å². The van der Waals surface area contributed by atoms with E-state index in [9.17, 15) is 0 Å². The standard InChI is InChI=1S/C6H16N2Si/c1-2-6(7)4-3-5-8-9/h6H,2-5,7,9H2,1H3. The van der Waals surface area contributed by atoms with E-state index in [4.69, 9.17) is 5.73 Å². The monoisotopic (exact) mass is 144 g/mol. The Hall–Kier alpha value is -0.0231. The molecule has 0 saturated heterocycles. The Morgan fingerprint density at radius 3 is 2.78 bits per heavy atom. The maximum Gasteiger partial charge on any atom is 0.0887 e. The van der Waals surface area contributed by atoms with Gasteiger partial charge in [-0.3, -0.25) is 0 Å². The molecule has 0 amide bonds. The van der Waals surface area contributed by atoms with E-state index in [0.717, 1.165) is 25.8 Å². The van der Waals surface area contributed by atoms with Gasteiger partial charge in [-0.25, -0.2) is 0 Å². The molecule has 0 rings (SSSR count). The van der Waals surface area contributed by atoms with E-state index in [1.807, 2.05) is 0 Å². The van der Waals surface area contributed by atoms with E-state index in [2.05, 4.69) is 11.6 Å². The molecule has 0 saturated carbocycles. The van der Waals surface area contributed by atoms with Crippen molar-refractivity contribution in [2.75, 3.05) is 6.54 Å².